The van der Waals surface area contributed by atoms with Crippen LogP contribution in [0.15, 0.2) is 41.9 Å². The Hall–Kier alpha value is -2.14. The average Bonchev–Trinajstić information content (AvgIpc) is 3.02. The molecule has 0 aliphatic rings. The fourth-order valence-electron chi connectivity index (χ4n) is 1.92. The fraction of sp³-hybridized carbons (Fsp3) is 0.143. The summed E-state index contributed by atoms with van der Waals surface area (Å²) in [6, 6.07) is 9.89. The molecular formula is C14H13N3OS. The molecule has 3 rings (SSSR count). The topological polar surface area (TPSA) is 46.4 Å². The van der Waals surface area contributed by atoms with Crippen LogP contribution in [0.3, 0.4) is 0 Å². The predicted octanol–water partition coefficient (Wildman–Crippen LogP) is 3.41. The number of nitrogens with zero attached hydrogens (tertiary/aromatic N) is 2. The van der Waals surface area contributed by atoms with E-state index in [0.717, 1.165) is 22.0 Å². The Bertz CT molecular complexity index is 715. The fourth-order valence-corrected chi connectivity index (χ4v) is 2.64. The van der Waals surface area contributed by atoms with E-state index < -0.39 is 0 Å². The number of hydrogen-bond acceptors (Lipinski definition) is 3. The van der Waals surface area contributed by atoms with Crippen LogP contribution >= 0.6 is 11.3 Å². The van der Waals surface area contributed by atoms with E-state index >= 15 is 0 Å². The van der Waals surface area contributed by atoms with Crippen LogP contribution in [0.2, 0.25) is 0 Å². The number of anilines is 1. The smallest absolute Gasteiger partial charge is 0.225 e. The van der Waals surface area contributed by atoms with Gasteiger partial charge in [-0.05, 0) is 0 Å². The molecule has 3 aromatic rings. The lowest BCUT2D eigenvalue weighted by atomic mass is 10.1. The van der Waals surface area contributed by atoms with E-state index in [0.29, 0.717) is 6.42 Å². The number of carbonyl (C=O) groups excluding carboxylic acids is 1. The van der Waals surface area contributed by atoms with Crippen LogP contribution in [0, 0.1) is 0 Å². The molecule has 1 N–H and O–H groups in total. The quantitative estimate of drug-likeness (QED) is 0.793. The first kappa shape index (κ1) is 11.9. The maximum atomic E-state index is 11.7. The summed E-state index contributed by atoms with van der Waals surface area (Å²) in [7, 11) is 0. The lowest BCUT2D eigenvalue weighted by Crippen LogP contribution is -2.11. The third kappa shape index (κ3) is 2.13. The molecule has 2 aromatic heterocycles. The molecule has 0 saturated carbocycles. The number of thiazole rings is 1. The SMILES string of the molecule is CCC(=O)Nc1c(-c2ccccc2)nc2sccn12. The standard InChI is InChI=1S/C14H13N3OS/c1-2-11(18)15-13-12(10-6-4-3-5-7-10)16-14-17(13)8-9-19-14/h3-9H,2H2,1H3,(H,15,18). The van der Waals surface area contributed by atoms with Crippen molar-refractivity contribution in [2.24, 2.45) is 0 Å². The van der Waals surface area contributed by atoms with Crippen molar-refractivity contribution in [2.45, 2.75) is 13.3 Å². The third-order valence-corrected chi connectivity index (χ3v) is 3.64. The van der Waals surface area contributed by atoms with Crippen LogP contribution in [-0.2, 0) is 4.79 Å². The summed E-state index contributed by atoms with van der Waals surface area (Å²) in [5.41, 5.74) is 1.82. The molecule has 5 heteroatoms. The van der Waals surface area contributed by atoms with E-state index in [1.807, 2.05) is 53.2 Å². The first-order valence-electron chi connectivity index (χ1n) is 6.10. The number of amides is 1. The Kier molecular flexibility index (Phi) is 3.05. The Labute approximate surface area is 114 Å². The molecule has 0 fully saturated rings. The van der Waals surface area contributed by atoms with Crippen molar-refractivity contribution >= 4 is 28.0 Å². The molecule has 96 valence electrons. The molecule has 0 saturated heterocycles. The van der Waals surface area contributed by atoms with Crippen LogP contribution in [0.1, 0.15) is 13.3 Å². The first-order chi connectivity index (χ1) is 9.29. The lowest BCUT2D eigenvalue weighted by Gasteiger charge is -2.05. The van der Waals surface area contributed by atoms with E-state index in [-0.39, 0.29) is 5.91 Å². The summed E-state index contributed by atoms with van der Waals surface area (Å²) in [6.07, 6.45) is 2.37. The van der Waals surface area contributed by atoms with E-state index in [9.17, 15) is 4.79 Å². The summed E-state index contributed by atoms with van der Waals surface area (Å²) in [5.74, 6) is 0.736. The van der Waals surface area contributed by atoms with Crippen molar-refractivity contribution in [3.8, 4) is 11.3 Å². The highest BCUT2D eigenvalue weighted by molar-refractivity contribution is 7.15. The van der Waals surface area contributed by atoms with Gasteiger partial charge in [0.05, 0.1) is 0 Å². The van der Waals surface area contributed by atoms with Crippen molar-refractivity contribution in [2.75, 3.05) is 5.32 Å². The molecule has 0 atom stereocenters. The second-order valence-electron chi connectivity index (χ2n) is 4.13. The average molecular weight is 271 g/mol. The van der Waals surface area contributed by atoms with Crippen molar-refractivity contribution in [3.63, 3.8) is 0 Å². The molecule has 0 aliphatic carbocycles. The maximum Gasteiger partial charge on any atom is 0.225 e. The van der Waals surface area contributed by atoms with Crippen molar-refractivity contribution in [1.82, 2.24) is 9.38 Å². The number of carbonyl (C=O) groups is 1. The minimum absolute atomic E-state index is 0.00909. The Morgan fingerprint density at radius 3 is 2.89 bits per heavy atom. The van der Waals surface area contributed by atoms with E-state index in [1.165, 1.54) is 0 Å². The summed E-state index contributed by atoms with van der Waals surface area (Å²) in [4.78, 5) is 17.2. The van der Waals surface area contributed by atoms with Gasteiger partial charge in [-0.15, -0.1) is 11.3 Å². The summed E-state index contributed by atoms with van der Waals surface area (Å²) in [5, 5.41) is 4.89. The van der Waals surface area contributed by atoms with Gasteiger partial charge >= 0.3 is 0 Å². The number of hydrogen-bond donors (Lipinski definition) is 1. The lowest BCUT2D eigenvalue weighted by molar-refractivity contribution is -0.115. The third-order valence-electron chi connectivity index (χ3n) is 2.89. The van der Waals surface area contributed by atoms with Crippen molar-refractivity contribution < 1.29 is 4.79 Å². The van der Waals surface area contributed by atoms with E-state index in [2.05, 4.69) is 10.3 Å². The normalized spacial score (nSPS) is 10.8. The minimum atomic E-state index is -0.00909. The Morgan fingerprint density at radius 1 is 1.37 bits per heavy atom. The van der Waals surface area contributed by atoms with Crippen molar-refractivity contribution in [1.29, 1.82) is 0 Å². The molecule has 0 bridgehead atoms. The number of benzene rings is 1. The van der Waals surface area contributed by atoms with Gasteiger partial charge in [-0.1, -0.05) is 37.3 Å². The van der Waals surface area contributed by atoms with E-state index in [4.69, 9.17) is 0 Å². The zero-order chi connectivity index (χ0) is 13.2. The maximum absolute atomic E-state index is 11.7. The molecule has 1 amide bonds. The minimum Gasteiger partial charge on any atom is -0.310 e. The highest BCUT2D eigenvalue weighted by Crippen LogP contribution is 2.30. The predicted molar refractivity (Wildman–Crippen MR) is 77.4 cm³/mol. The largest absolute Gasteiger partial charge is 0.310 e. The Morgan fingerprint density at radius 2 is 2.16 bits per heavy atom. The summed E-state index contributed by atoms with van der Waals surface area (Å²) < 4.78 is 1.92. The zero-order valence-corrected chi connectivity index (χ0v) is 11.3. The molecule has 0 radical (unpaired) electrons. The van der Waals surface area contributed by atoms with E-state index in [1.54, 1.807) is 11.3 Å². The van der Waals surface area contributed by atoms with Gasteiger partial charge in [0.15, 0.2) is 4.96 Å². The van der Waals surface area contributed by atoms with Crippen LogP contribution in [0.5, 0.6) is 0 Å². The van der Waals surface area contributed by atoms with Gasteiger partial charge in [0.1, 0.15) is 11.5 Å². The highest BCUT2D eigenvalue weighted by atomic mass is 32.1. The number of nitrogens with one attached hydrogen (secondary N) is 1. The van der Waals surface area contributed by atoms with Crippen LogP contribution in [0.4, 0.5) is 5.82 Å². The van der Waals surface area contributed by atoms with Gasteiger partial charge in [0.25, 0.3) is 0 Å². The summed E-state index contributed by atoms with van der Waals surface area (Å²) >= 11 is 1.55. The van der Waals surface area contributed by atoms with Crippen LogP contribution in [-0.4, -0.2) is 15.3 Å². The van der Waals surface area contributed by atoms with Gasteiger partial charge in [-0.25, -0.2) is 4.98 Å². The first-order valence-corrected chi connectivity index (χ1v) is 6.98. The molecule has 19 heavy (non-hydrogen) atoms. The van der Waals surface area contributed by atoms with Gasteiger partial charge < -0.3 is 5.32 Å². The molecule has 0 aliphatic heterocycles. The second kappa shape index (κ2) is 4.85. The van der Waals surface area contributed by atoms with Crippen LogP contribution in [0.25, 0.3) is 16.2 Å². The van der Waals surface area contributed by atoms with Crippen molar-refractivity contribution in [3.05, 3.63) is 41.9 Å². The number of fused-ring (bicyclic) bond motifs is 1. The molecule has 0 spiro atoms. The number of rotatable bonds is 3. The van der Waals surface area contributed by atoms with Gasteiger partial charge in [-0.3, -0.25) is 9.20 Å². The highest BCUT2D eigenvalue weighted by Gasteiger charge is 2.16. The van der Waals surface area contributed by atoms with Crippen LogP contribution < -0.4 is 5.32 Å². The molecular weight excluding hydrogens is 258 g/mol. The summed E-state index contributed by atoms with van der Waals surface area (Å²) in [6.45, 7) is 1.84. The second-order valence-corrected chi connectivity index (χ2v) is 5.01. The van der Waals surface area contributed by atoms with Gasteiger partial charge in [-0.2, -0.15) is 0 Å². The molecule has 2 heterocycles. The monoisotopic (exact) mass is 271 g/mol. The zero-order valence-electron chi connectivity index (χ0n) is 10.5. The van der Waals surface area contributed by atoms with Gasteiger partial charge in [0.2, 0.25) is 5.91 Å². The number of imidazole rings is 1. The van der Waals surface area contributed by atoms with Gasteiger partial charge in [0, 0.05) is 23.6 Å². The number of aromatic nitrogens is 2. The molecule has 4 nitrogen and oxygen atoms in total. The molecule has 0 unspecified atom stereocenters. The molecule has 1 aromatic carbocycles. The Balaban J connectivity index is 2.15.